The van der Waals surface area contributed by atoms with Crippen molar-refractivity contribution in [2.45, 2.75) is 18.9 Å². The van der Waals surface area contributed by atoms with Crippen molar-refractivity contribution in [2.75, 3.05) is 20.2 Å². The fourth-order valence-electron chi connectivity index (χ4n) is 2.89. The van der Waals surface area contributed by atoms with Gasteiger partial charge in [-0.15, -0.1) is 12.4 Å². The molecule has 5 heteroatoms. The summed E-state index contributed by atoms with van der Waals surface area (Å²) in [6.45, 7) is 1.89. The van der Waals surface area contributed by atoms with Gasteiger partial charge < -0.3 is 15.4 Å². The highest BCUT2D eigenvalue weighted by molar-refractivity contribution is 6.08. The second kappa shape index (κ2) is 7.47. The first-order valence-corrected chi connectivity index (χ1v) is 7.37. The molecule has 0 aromatic heterocycles. The fraction of sp³-hybridized carbons (Fsp3) is 0.353. The van der Waals surface area contributed by atoms with Gasteiger partial charge in [0, 0.05) is 23.5 Å². The predicted molar refractivity (Wildman–Crippen MR) is 91.1 cm³/mol. The van der Waals surface area contributed by atoms with Crippen LogP contribution in [0, 0.1) is 0 Å². The monoisotopic (exact) mass is 320 g/mol. The summed E-state index contributed by atoms with van der Waals surface area (Å²) in [5.74, 6) is 0.782. The maximum absolute atomic E-state index is 12.5. The van der Waals surface area contributed by atoms with Crippen molar-refractivity contribution in [3.8, 4) is 5.75 Å². The highest BCUT2D eigenvalue weighted by Crippen LogP contribution is 2.28. The van der Waals surface area contributed by atoms with Crippen molar-refractivity contribution >= 4 is 29.1 Å². The summed E-state index contributed by atoms with van der Waals surface area (Å²) >= 11 is 0. The molecule has 0 spiro atoms. The lowest BCUT2D eigenvalue weighted by molar-refractivity contribution is 0.0932. The second-order valence-electron chi connectivity index (χ2n) is 5.38. The number of ether oxygens (including phenoxy) is 1. The van der Waals surface area contributed by atoms with Crippen LogP contribution in [0.25, 0.3) is 10.8 Å². The van der Waals surface area contributed by atoms with Gasteiger partial charge in [0.15, 0.2) is 0 Å². The Balaban J connectivity index is 0.00000176. The number of carbonyl (C=O) groups is 1. The second-order valence-corrected chi connectivity index (χ2v) is 5.38. The number of fused-ring (bicyclic) bond motifs is 1. The zero-order valence-corrected chi connectivity index (χ0v) is 13.4. The lowest BCUT2D eigenvalue weighted by Crippen LogP contribution is -2.45. The highest BCUT2D eigenvalue weighted by Gasteiger charge is 2.18. The van der Waals surface area contributed by atoms with Crippen molar-refractivity contribution in [3.63, 3.8) is 0 Å². The molecule has 0 saturated carbocycles. The summed E-state index contributed by atoms with van der Waals surface area (Å²) in [4.78, 5) is 12.5. The number of nitrogens with one attached hydrogen (secondary N) is 2. The van der Waals surface area contributed by atoms with E-state index in [1.54, 1.807) is 7.11 Å². The van der Waals surface area contributed by atoms with Gasteiger partial charge in [-0.1, -0.05) is 24.3 Å². The minimum atomic E-state index is -0.0115. The van der Waals surface area contributed by atoms with Crippen LogP contribution in [0.3, 0.4) is 0 Å². The first kappa shape index (κ1) is 16.6. The molecule has 2 aromatic carbocycles. The molecule has 0 radical (unpaired) electrons. The van der Waals surface area contributed by atoms with Gasteiger partial charge in [-0.25, -0.2) is 0 Å². The molecule has 0 bridgehead atoms. The van der Waals surface area contributed by atoms with Crippen molar-refractivity contribution in [3.05, 3.63) is 42.0 Å². The molecular formula is C17H21ClN2O2. The number of methoxy groups -OCH3 is 1. The van der Waals surface area contributed by atoms with Crippen LogP contribution in [-0.4, -0.2) is 32.1 Å². The molecule has 0 aliphatic carbocycles. The third-order valence-electron chi connectivity index (χ3n) is 3.98. The van der Waals surface area contributed by atoms with Gasteiger partial charge in [0.1, 0.15) is 5.75 Å². The van der Waals surface area contributed by atoms with Crippen LogP contribution in [0.15, 0.2) is 36.4 Å². The van der Waals surface area contributed by atoms with E-state index in [1.807, 2.05) is 36.4 Å². The van der Waals surface area contributed by atoms with Gasteiger partial charge >= 0.3 is 0 Å². The molecule has 1 saturated heterocycles. The first-order valence-electron chi connectivity index (χ1n) is 7.37. The van der Waals surface area contributed by atoms with Crippen molar-refractivity contribution in [1.29, 1.82) is 0 Å². The Morgan fingerprint density at radius 2 is 2.00 bits per heavy atom. The fourth-order valence-corrected chi connectivity index (χ4v) is 2.89. The highest BCUT2D eigenvalue weighted by atomic mass is 35.5. The van der Waals surface area contributed by atoms with E-state index < -0.39 is 0 Å². The average Bonchev–Trinajstić information content (AvgIpc) is 2.54. The number of halogens is 1. The Hall–Kier alpha value is -1.78. The van der Waals surface area contributed by atoms with E-state index in [1.165, 1.54) is 0 Å². The molecule has 2 aromatic rings. The lowest BCUT2D eigenvalue weighted by atomic mass is 10.0. The summed E-state index contributed by atoms with van der Waals surface area (Å²) in [7, 11) is 1.65. The molecule has 4 nitrogen and oxygen atoms in total. The van der Waals surface area contributed by atoms with E-state index in [2.05, 4.69) is 10.6 Å². The third kappa shape index (κ3) is 3.34. The summed E-state index contributed by atoms with van der Waals surface area (Å²) in [6, 6.07) is 11.8. The first-order chi connectivity index (χ1) is 10.3. The summed E-state index contributed by atoms with van der Waals surface area (Å²) in [5.41, 5.74) is 0.706. The maximum Gasteiger partial charge on any atom is 0.252 e. The van der Waals surface area contributed by atoms with Gasteiger partial charge in [0.05, 0.1) is 7.11 Å². The molecule has 1 aliphatic heterocycles. The molecule has 118 valence electrons. The molecule has 1 fully saturated rings. The number of piperidine rings is 1. The molecule has 22 heavy (non-hydrogen) atoms. The molecule has 1 aliphatic rings. The van der Waals surface area contributed by atoms with E-state index in [0.717, 1.165) is 42.5 Å². The van der Waals surface area contributed by atoms with Gasteiger partial charge in [-0.3, -0.25) is 4.79 Å². The quantitative estimate of drug-likeness (QED) is 0.914. The van der Waals surface area contributed by atoms with Crippen LogP contribution in [0.5, 0.6) is 5.75 Å². The molecule has 3 rings (SSSR count). The Morgan fingerprint density at radius 1 is 1.23 bits per heavy atom. The van der Waals surface area contributed by atoms with E-state index >= 15 is 0 Å². The van der Waals surface area contributed by atoms with Gasteiger partial charge in [-0.05, 0) is 36.9 Å². The Morgan fingerprint density at radius 3 is 2.68 bits per heavy atom. The zero-order valence-electron chi connectivity index (χ0n) is 12.6. The average molecular weight is 321 g/mol. The third-order valence-corrected chi connectivity index (χ3v) is 3.98. The van der Waals surface area contributed by atoms with E-state index in [4.69, 9.17) is 4.74 Å². The molecule has 1 heterocycles. The van der Waals surface area contributed by atoms with Gasteiger partial charge in [0.2, 0.25) is 0 Å². The summed E-state index contributed by atoms with van der Waals surface area (Å²) in [6.07, 6.45) is 2.14. The van der Waals surface area contributed by atoms with Crippen LogP contribution in [0.1, 0.15) is 23.2 Å². The van der Waals surface area contributed by atoms with E-state index in [9.17, 15) is 4.79 Å². The molecule has 0 unspecified atom stereocenters. The molecule has 1 atom stereocenters. The van der Waals surface area contributed by atoms with Crippen molar-refractivity contribution in [1.82, 2.24) is 10.6 Å². The predicted octanol–water partition coefficient (Wildman–Crippen LogP) is 2.75. The normalized spacial score (nSPS) is 17.6. The Labute approximate surface area is 136 Å². The number of hydrogen-bond acceptors (Lipinski definition) is 3. The largest absolute Gasteiger partial charge is 0.496 e. The standard InChI is InChI=1S/C17H20N2O2.ClH/c1-21-16-9-8-15(13-6-2-3-7-14(13)16)17(20)19-12-5-4-10-18-11-12;/h2-3,6-9,12,18H,4-5,10-11H2,1H3,(H,19,20);1H/t12-;/m0./s1. The van der Waals surface area contributed by atoms with E-state index in [-0.39, 0.29) is 24.4 Å². The Bertz CT molecular complexity index is 654. The SMILES string of the molecule is COc1ccc(C(=O)N[C@H]2CCCNC2)c2ccccc12.Cl. The van der Waals surface area contributed by atoms with Crippen LogP contribution >= 0.6 is 12.4 Å². The van der Waals surface area contributed by atoms with Crippen LogP contribution < -0.4 is 15.4 Å². The summed E-state index contributed by atoms with van der Waals surface area (Å²) < 4.78 is 5.37. The number of amides is 1. The lowest BCUT2D eigenvalue weighted by Gasteiger charge is -2.24. The zero-order chi connectivity index (χ0) is 14.7. The van der Waals surface area contributed by atoms with Gasteiger partial charge in [-0.2, -0.15) is 0 Å². The maximum atomic E-state index is 12.5. The number of carbonyl (C=O) groups excluding carboxylic acids is 1. The topological polar surface area (TPSA) is 50.4 Å². The van der Waals surface area contributed by atoms with Crippen LogP contribution in [0.2, 0.25) is 0 Å². The van der Waals surface area contributed by atoms with Crippen LogP contribution in [0.4, 0.5) is 0 Å². The molecular weight excluding hydrogens is 300 g/mol. The van der Waals surface area contributed by atoms with E-state index in [0.29, 0.717) is 5.56 Å². The minimum Gasteiger partial charge on any atom is -0.496 e. The number of hydrogen-bond donors (Lipinski definition) is 2. The van der Waals surface area contributed by atoms with Gasteiger partial charge in [0.25, 0.3) is 5.91 Å². The van der Waals surface area contributed by atoms with Crippen molar-refractivity contribution < 1.29 is 9.53 Å². The number of rotatable bonds is 3. The summed E-state index contributed by atoms with van der Waals surface area (Å²) in [5, 5.41) is 8.33. The molecule has 1 amide bonds. The number of benzene rings is 2. The van der Waals surface area contributed by atoms with Crippen LogP contribution in [-0.2, 0) is 0 Å². The molecule has 2 N–H and O–H groups in total. The Kier molecular flexibility index (Phi) is 5.63. The minimum absolute atomic E-state index is 0. The van der Waals surface area contributed by atoms with Crippen molar-refractivity contribution in [2.24, 2.45) is 0 Å². The smallest absolute Gasteiger partial charge is 0.252 e.